The van der Waals surface area contributed by atoms with Crippen LogP contribution in [0.1, 0.15) is 22.8 Å². The van der Waals surface area contributed by atoms with Crippen molar-refractivity contribution in [2.45, 2.75) is 13.5 Å². The maximum atomic E-state index is 12.0. The lowest BCUT2D eigenvalue weighted by Crippen LogP contribution is -2.52. The van der Waals surface area contributed by atoms with Crippen LogP contribution in [0.2, 0.25) is 0 Å². The molecule has 1 aromatic carbocycles. The summed E-state index contributed by atoms with van der Waals surface area (Å²) in [4.78, 5) is 21.5. The molecule has 0 spiro atoms. The number of halogens is 1. The number of methoxy groups -OCH3 is 2. The molecule has 1 aromatic heterocycles. The molecule has 1 aliphatic rings. The summed E-state index contributed by atoms with van der Waals surface area (Å²) in [6.45, 7) is 7.13. The predicted molar refractivity (Wildman–Crippen MR) is 133 cm³/mol. The molecule has 2 aromatic rings. The van der Waals surface area contributed by atoms with E-state index in [2.05, 4.69) is 39.6 Å². The predicted octanol–water partition coefficient (Wildman–Crippen LogP) is 3.45. The van der Waals surface area contributed by atoms with Crippen LogP contribution in [0, 0.1) is 0 Å². The van der Waals surface area contributed by atoms with Gasteiger partial charge in [-0.3, -0.25) is 0 Å². The van der Waals surface area contributed by atoms with Crippen molar-refractivity contribution in [2.75, 3.05) is 51.8 Å². The third-order valence-corrected chi connectivity index (χ3v) is 5.74. The number of aliphatic imine (C=N–C) groups is 1. The van der Waals surface area contributed by atoms with Crippen molar-refractivity contribution in [2.24, 2.45) is 4.99 Å². The molecule has 30 heavy (non-hydrogen) atoms. The standard InChI is InChI=1S/C21H28N4O3S.HI/c1-4-22-21(25-11-9-24(10-12-25)19-6-5-13-29-19)23-15-16-7-8-18(27-2)17(14-16)20(26)28-3;/h5-8,13-14H,4,9-12,15H2,1-3H3,(H,22,23);1H. The van der Waals surface area contributed by atoms with Crippen LogP contribution in [0.4, 0.5) is 5.00 Å². The van der Waals surface area contributed by atoms with Gasteiger partial charge in [-0.1, -0.05) is 6.07 Å². The van der Waals surface area contributed by atoms with Crippen LogP contribution >= 0.6 is 35.3 Å². The van der Waals surface area contributed by atoms with Gasteiger partial charge in [-0.2, -0.15) is 0 Å². The number of ether oxygens (including phenoxy) is 2. The van der Waals surface area contributed by atoms with Gasteiger partial charge in [0.25, 0.3) is 0 Å². The van der Waals surface area contributed by atoms with E-state index in [1.54, 1.807) is 30.6 Å². The Bertz CT molecular complexity index is 837. The first kappa shape index (κ1) is 24.3. The molecule has 0 amide bonds. The molecule has 0 radical (unpaired) electrons. The fraction of sp³-hybridized carbons (Fsp3) is 0.429. The van der Waals surface area contributed by atoms with E-state index < -0.39 is 5.97 Å². The lowest BCUT2D eigenvalue weighted by molar-refractivity contribution is 0.0597. The minimum Gasteiger partial charge on any atom is -0.496 e. The van der Waals surface area contributed by atoms with Crippen LogP contribution in [-0.2, 0) is 11.3 Å². The summed E-state index contributed by atoms with van der Waals surface area (Å²) in [6, 6.07) is 9.75. The maximum Gasteiger partial charge on any atom is 0.341 e. The van der Waals surface area contributed by atoms with Gasteiger partial charge in [-0.25, -0.2) is 9.79 Å². The van der Waals surface area contributed by atoms with Crippen molar-refractivity contribution in [3.05, 3.63) is 46.8 Å². The maximum absolute atomic E-state index is 12.0. The number of guanidine groups is 1. The monoisotopic (exact) mass is 544 g/mol. The summed E-state index contributed by atoms with van der Waals surface area (Å²) < 4.78 is 10.1. The Labute approximate surface area is 199 Å². The zero-order valence-electron chi connectivity index (χ0n) is 17.6. The number of nitrogens with one attached hydrogen (secondary N) is 1. The van der Waals surface area contributed by atoms with Crippen molar-refractivity contribution in [3.63, 3.8) is 0 Å². The normalized spacial score (nSPS) is 14.2. The average molecular weight is 544 g/mol. The number of benzene rings is 1. The molecule has 164 valence electrons. The molecule has 0 atom stereocenters. The Balaban J connectivity index is 0.00000320. The lowest BCUT2D eigenvalue weighted by atomic mass is 10.1. The van der Waals surface area contributed by atoms with Crippen LogP contribution in [0.25, 0.3) is 0 Å². The largest absolute Gasteiger partial charge is 0.496 e. The molecule has 7 nitrogen and oxygen atoms in total. The quantitative estimate of drug-likeness (QED) is 0.260. The number of thiophene rings is 1. The number of hydrogen-bond acceptors (Lipinski definition) is 6. The van der Waals surface area contributed by atoms with E-state index in [0.29, 0.717) is 17.9 Å². The summed E-state index contributed by atoms with van der Waals surface area (Å²) in [5, 5.41) is 6.82. The highest BCUT2D eigenvalue weighted by Crippen LogP contribution is 2.23. The number of hydrogen-bond donors (Lipinski definition) is 1. The van der Waals surface area contributed by atoms with Crippen LogP contribution in [0.3, 0.4) is 0 Å². The van der Waals surface area contributed by atoms with Gasteiger partial charge in [-0.05, 0) is 42.1 Å². The number of carbonyl (C=O) groups is 1. The SMILES string of the molecule is CCNC(=NCc1ccc(OC)c(C(=O)OC)c1)N1CCN(c2cccs2)CC1.I. The summed E-state index contributed by atoms with van der Waals surface area (Å²) in [7, 11) is 2.91. The van der Waals surface area contributed by atoms with E-state index in [0.717, 1.165) is 44.2 Å². The van der Waals surface area contributed by atoms with Crippen LogP contribution in [-0.4, -0.2) is 63.8 Å². The van der Waals surface area contributed by atoms with E-state index in [4.69, 9.17) is 14.5 Å². The van der Waals surface area contributed by atoms with Crippen molar-refractivity contribution in [1.29, 1.82) is 0 Å². The second-order valence-electron chi connectivity index (χ2n) is 6.62. The fourth-order valence-electron chi connectivity index (χ4n) is 3.30. The van der Waals surface area contributed by atoms with Crippen LogP contribution in [0.15, 0.2) is 40.7 Å². The molecule has 1 saturated heterocycles. The van der Waals surface area contributed by atoms with Gasteiger partial charge < -0.3 is 24.6 Å². The average Bonchev–Trinajstić information content (AvgIpc) is 3.31. The Hall–Kier alpha value is -2.01. The fourth-order valence-corrected chi connectivity index (χ4v) is 4.09. The first-order valence-corrected chi connectivity index (χ1v) is 10.6. The highest BCUT2D eigenvalue weighted by Gasteiger charge is 2.20. The van der Waals surface area contributed by atoms with Gasteiger partial charge in [0.2, 0.25) is 0 Å². The van der Waals surface area contributed by atoms with Gasteiger partial charge in [0, 0.05) is 32.7 Å². The second kappa shape index (κ2) is 12.0. The van der Waals surface area contributed by atoms with Crippen LogP contribution < -0.4 is 15.0 Å². The molecule has 1 fully saturated rings. The summed E-state index contributed by atoms with van der Waals surface area (Å²) >= 11 is 1.78. The van der Waals surface area contributed by atoms with Gasteiger partial charge in [0.1, 0.15) is 11.3 Å². The summed E-state index contributed by atoms with van der Waals surface area (Å²) in [6.07, 6.45) is 0. The molecule has 9 heteroatoms. The van der Waals surface area contributed by atoms with E-state index in [1.807, 2.05) is 6.07 Å². The molecular formula is C21H29IN4O3S. The van der Waals surface area contributed by atoms with E-state index in [1.165, 1.54) is 12.1 Å². The number of piperazine rings is 1. The summed E-state index contributed by atoms with van der Waals surface area (Å²) in [5.41, 5.74) is 1.34. The van der Waals surface area contributed by atoms with Crippen molar-refractivity contribution in [3.8, 4) is 5.75 Å². The molecule has 2 heterocycles. The topological polar surface area (TPSA) is 66.4 Å². The minimum atomic E-state index is -0.413. The van der Waals surface area contributed by atoms with E-state index in [9.17, 15) is 4.79 Å². The Morgan fingerprint density at radius 3 is 2.57 bits per heavy atom. The van der Waals surface area contributed by atoms with Crippen molar-refractivity contribution < 1.29 is 14.3 Å². The molecule has 0 bridgehead atoms. The lowest BCUT2D eigenvalue weighted by Gasteiger charge is -2.37. The number of rotatable bonds is 6. The van der Waals surface area contributed by atoms with Gasteiger partial charge in [0.15, 0.2) is 5.96 Å². The molecule has 0 saturated carbocycles. The zero-order valence-corrected chi connectivity index (χ0v) is 20.7. The van der Waals surface area contributed by atoms with Gasteiger partial charge in [-0.15, -0.1) is 35.3 Å². The second-order valence-corrected chi connectivity index (χ2v) is 7.55. The molecule has 0 aliphatic carbocycles. The van der Waals surface area contributed by atoms with Crippen molar-refractivity contribution >= 4 is 52.2 Å². The highest BCUT2D eigenvalue weighted by molar-refractivity contribution is 14.0. The van der Waals surface area contributed by atoms with Crippen molar-refractivity contribution in [1.82, 2.24) is 10.2 Å². The Kier molecular flexibility index (Phi) is 9.70. The molecule has 1 N–H and O–H groups in total. The Morgan fingerprint density at radius 2 is 1.97 bits per heavy atom. The minimum absolute atomic E-state index is 0. The number of carbonyl (C=O) groups excluding carboxylic acids is 1. The first-order chi connectivity index (χ1) is 14.2. The molecular weight excluding hydrogens is 515 g/mol. The Morgan fingerprint density at radius 1 is 1.20 bits per heavy atom. The zero-order chi connectivity index (χ0) is 20.6. The van der Waals surface area contributed by atoms with Gasteiger partial charge in [0.05, 0.1) is 25.8 Å². The molecule has 3 rings (SSSR count). The third kappa shape index (κ3) is 6.00. The smallest absolute Gasteiger partial charge is 0.341 e. The summed E-state index contributed by atoms with van der Waals surface area (Å²) in [5.74, 6) is 0.985. The van der Waals surface area contributed by atoms with Crippen LogP contribution in [0.5, 0.6) is 5.75 Å². The van der Waals surface area contributed by atoms with E-state index in [-0.39, 0.29) is 24.0 Å². The third-order valence-electron chi connectivity index (χ3n) is 4.81. The molecule has 1 aliphatic heterocycles. The van der Waals surface area contributed by atoms with Gasteiger partial charge >= 0.3 is 5.97 Å². The first-order valence-electron chi connectivity index (χ1n) is 9.73. The van der Waals surface area contributed by atoms with E-state index >= 15 is 0 Å². The molecule has 0 unspecified atom stereocenters. The number of esters is 1. The number of nitrogens with zero attached hydrogens (tertiary/aromatic N) is 3. The highest BCUT2D eigenvalue weighted by atomic mass is 127. The number of anilines is 1.